The molecule has 1 saturated heterocycles. The molecule has 1 aromatic rings. The summed E-state index contributed by atoms with van der Waals surface area (Å²) in [5.41, 5.74) is -0.603. The minimum atomic E-state index is -4.41. The van der Waals surface area contributed by atoms with Gasteiger partial charge in [0.25, 0.3) is 0 Å². The molecule has 0 aromatic heterocycles. The second-order valence-corrected chi connectivity index (χ2v) is 5.15. The number of alkyl halides is 3. The average Bonchev–Trinajstić information content (AvgIpc) is 2.41. The largest absolute Gasteiger partial charge is 0.416 e. The first-order chi connectivity index (χ1) is 9.86. The van der Waals surface area contributed by atoms with Gasteiger partial charge in [0.05, 0.1) is 12.1 Å². The Labute approximate surface area is 121 Å². The Morgan fingerprint density at radius 2 is 2.24 bits per heavy atom. The number of rotatable bonds is 3. The number of nitrogens with one attached hydrogen (secondary N) is 2. The number of halogens is 3. The summed E-state index contributed by atoms with van der Waals surface area (Å²) in [6.45, 7) is 4.54. The van der Waals surface area contributed by atoms with Crippen LogP contribution in [-0.2, 0) is 11.0 Å². The van der Waals surface area contributed by atoms with Gasteiger partial charge in [0, 0.05) is 31.4 Å². The first-order valence-corrected chi connectivity index (χ1v) is 6.78. The number of benzene rings is 1. The van der Waals surface area contributed by atoms with Crippen molar-refractivity contribution in [2.75, 3.05) is 31.5 Å². The lowest BCUT2D eigenvalue weighted by atomic mass is 10.2. The van der Waals surface area contributed by atoms with Crippen molar-refractivity contribution < 1.29 is 18.0 Å². The SMILES string of the molecule is C[C@@H]1CNCCN1CC(=O)Nc1cccc(C(F)(F)F)c1. The quantitative estimate of drug-likeness (QED) is 0.897. The van der Waals surface area contributed by atoms with Gasteiger partial charge in [0.1, 0.15) is 0 Å². The normalized spacial score (nSPS) is 20.3. The Morgan fingerprint density at radius 3 is 2.90 bits per heavy atom. The Bertz CT molecular complexity index is 504. The second-order valence-electron chi connectivity index (χ2n) is 5.15. The summed E-state index contributed by atoms with van der Waals surface area (Å²) in [6, 6.07) is 4.89. The highest BCUT2D eigenvalue weighted by Gasteiger charge is 2.30. The number of hydrogen-bond acceptors (Lipinski definition) is 3. The molecule has 0 spiro atoms. The topological polar surface area (TPSA) is 44.4 Å². The molecule has 7 heteroatoms. The van der Waals surface area contributed by atoms with Gasteiger partial charge < -0.3 is 10.6 Å². The summed E-state index contributed by atoms with van der Waals surface area (Å²) < 4.78 is 37.8. The number of piperazine rings is 1. The van der Waals surface area contributed by atoms with E-state index in [4.69, 9.17) is 0 Å². The summed E-state index contributed by atoms with van der Waals surface area (Å²) in [4.78, 5) is 13.9. The molecule has 0 radical (unpaired) electrons. The van der Waals surface area contributed by atoms with Crippen LogP contribution in [0.25, 0.3) is 0 Å². The van der Waals surface area contributed by atoms with Crippen molar-refractivity contribution in [2.24, 2.45) is 0 Å². The summed E-state index contributed by atoms with van der Waals surface area (Å²) in [5.74, 6) is -0.303. The van der Waals surface area contributed by atoms with Gasteiger partial charge in [-0.25, -0.2) is 0 Å². The Hall–Kier alpha value is -1.60. The zero-order chi connectivity index (χ0) is 15.5. The van der Waals surface area contributed by atoms with E-state index in [1.54, 1.807) is 0 Å². The van der Waals surface area contributed by atoms with Crippen molar-refractivity contribution in [3.63, 3.8) is 0 Å². The van der Waals surface area contributed by atoms with E-state index in [1.807, 2.05) is 11.8 Å². The molecule has 0 bridgehead atoms. The monoisotopic (exact) mass is 301 g/mol. The van der Waals surface area contributed by atoms with Crippen LogP contribution in [0, 0.1) is 0 Å². The average molecular weight is 301 g/mol. The molecular weight excluding hydrogens is 283 g/mol. The molecule has 0 unspecified atom stereocenters. The van der Waals surface area contributed by atoms with E-state index in [0.29, 0.717) is 0 Å². The van der Waals surface area contributed by atoms with E-state index < -0.39 is 11.7 Å². The summed E-state index contributed by atoms with van der Waals surface area (Å²) >= 11 is 0. The Kier molecular flexibility index (Phi) is 4.84. The molecule has 1 atom stereocenters. The van der Waals surface area contributed by atoms with Crippen LogP contribution < -0.4 is 10.6 Å². The van der Waals surface area contributed by atoms with Crippen molar-refractivity contribution >= 4 is 11.6 Å². The molecule has 1 aromatic carbocycles. The van der Waals surface area contributed by atoms with E-state index >= 15 is 0 Å². The molecule has 21 heavy (non-hydrogen) atoms. The van der Waals surface area contributed by atoms with Crippen molar-refractivity contribution in [2.45, 2.75) is 19.1 Å². The molecule has 0 aliphatic carbocycles. The van der Waals surface area contributed by atoms with E-state index in [-0.39, 0.29) is 24.2 Å². The molecule has 1 aliphatic heterocycles. The summed E-state index contributed by atoms with van der Waals surface area (Å²) in [7, 11) is 0. The van der Waals surface area contributed by atoms with E-state index in [0.717, 1.165) is 31.8 Å². The van der Waals surface area contributed by atoms with Gasteiger partial charge in [0.2, 0.25) is 5.91 Å². The van der Waals surface area contributed by atoms with Crippen LogP contribution in [0.15, 0.2) is 24.3 Å². The number of carbonyl (C=O) groups excluding carboxylic acids is 1. The molecule has 4 nitrogen and oxygen atoms in total. The number of amides is 1. The van der Waals surface area contributed by atoms with Crippen LogP contribution in [-0.4, -0.2) is 43.0 Å². The number of anilines is 1. The standard InChI is InChI=1S/C14H18F3N3O/c1-10-8-18-5-6-20(10)9-13(21)19-12-4-2-3-11(7-12)14(15,16)17/h2-4,7,10,18H,5-6,8-9H2,1H3,(H,19,21)/t10-/m1/s1. The smallest absolute Gasteiger partial charge is 0.325 e. The van der Waals surface area contributed by atoms with Crippen LogP contribution in [0.4, 0.5) is 18.9 Å². The maximum atomic E-state index is 12.6. The molecule has 1 heterocycles. The molecular formula is C14H18F3N3O. The molecule has 1 amide bonds. The molecule has 2 N–H and O–H groups in total. The fraction of sp³-hybridized carbons (Fsp3) is 0.500. The lowest BCUT2D eigenvalue weighted by Gasteiger charge is -2.33. The fourth-order valence-corrected chi connectivity index (χ4v) is 2.28. The van der Waals surface area contributed by atoms with Crippen LogP contribution >= 0.6 is 0 Å². The fourth-order valence-electron chi connectivity index (χ4n) is 2.28. The molecule has 116 valence electrons. The van der Waals surface area contributed by atoms with Crippen LogP contribution in [0.3, 0.4) is 0 Å². The van der Waals surface area contributed by atoms with Crippen LogP contribution in [0.1, 0.15) is 12.5 Å². The molecule has 1 fully saturated rings. The van der Waals surface area contributed by atoms with Crippen molar-refractivity contribution in [1.29, 1.82) is 0 Å². The first kappa shape index (κ1) is 15.8. The van der Waals surface area contributed by atoms with Gasteiger partial charge >= 0.3 is 6.18 Å². The van der Waals surface area contributed by atoms with Crippen molar-refractivity contribution in [1.82, 2.24) is 10.2 Å². The van der Waals surface area contributed by atoms with E-state index in [1.165, 1.54) is 12.1 Å². The first-order valence-electron chi connectivity index (χ1n) is 6.78. The Balaban J connectivity index is 1.96. The van der Waals surface area contributed by atoms with Gasteiger partial charge in [-0.15, -0.1) is 0 Å². The third kappa shape index (κ3) is 4.44. The highest BCUT2D eigenvalue weighted by molar-refractivity contribution is 5.92. The molecule has 0 saturated carbocycles. The maximum absolute atomic E-state index is 12.6. The molecule has 1 aliphatic rings. The minimum absolute atomic E-state index is 0.164. The second kappa shape index (κ2) is 6.44. The maximum Gasteiger partial charge on any atom is 0.416 e. The number of nitrogens with zero attached hydrogens (tertiary/aromatic N) is 1. The highest BCUT2D eigenvalue weighted by atomic mass is 19.4. The van der Waals surface area contributed by atoms with E-state index in [2.05, 4.69) is 10.6 Å². The van der Waals surface area contributed by atoms with Gasteiger partial charge in [-0.05, 0) is 25.1 Å². The predicted molar refractivity (Wildman–Crippen MR) is 74.0 cm³/mol. The Morgan fingerprint density at radius 1 is 1.48 bits per heavy atom. The zero-order valence-corrected chi connectivity index (χ0v) is 11.7. The lowest BCUT2D eigenvalue weighted by Crippen LogP contribution is -2.51. The predicted octanol–water partition coefficient (Wildman–Crippen LogP) is 1.94. The van der Waals surface area contributed by atoms with Gasteiger partial charge in [-0.3, -0.25) is 9.69 Å². The van der Waals surface area contributed by atoms with E-state index in [9.17, 15) is 18.0 Å². The lowest BCUT2D eigenvalue weighted by molar-refractivity contribution is -0.137. The number of carbonyl (C=O) groups is 1. The van der Waals surface area contributed by atoms with Crippen LogP contribution in [0.5, 0.6) is 0 Å². The minimum Gasteiger partial charge on any atom is -0.325 e. The highest BCUT2D eigenvalue weighted by Crippen LogP contribution is 2.30. The summed E-state index contributed by atoms with van der Waals surface area (Å²) in [6.07, 6.45) is -4.41. The third-order valence-electron chi connectivity index (χ3n) is 3.46. The van der Waals surface area contributed by atoms with Crippen LogP contribution in [0.2, 0.25) is 0 Å². The summed E-state index contributed by atoms with van der Waals surface area (Å²) in [5, 5.41) is 5.73. The van der Waals surface area contributed by atoms with Crippen molar-refractivity contribution in [3.8, 4) is 0 Å². The van der Waals surface area contributed by atoms with Crippen molar-refractivity contribution in [3.05, 3.63) is 29.8 Å². The third-order valence-corrected chi connectivity index (χ3v) is 3.46. The van der Waals surface area contributed by atoms with Gasteiger partial charge in [-0.2, -0.15) is 13.2 Å². The van der Waals surface area contributed by atoms with Gasteiger partial charge in [0.15, 0.2) is 0 Å². The zero-order valence-electron chi connectivity index (χ0n) is 11.7. The van der Waals surface area contributed by atoms with Gasteiger partial charge in [-0.1, -0.05) is 6.07 Å². The number of hydrogen-bond donors (Lipinski definition) is 2. The molecule has 2 rings (SSSR count).